The fourth-order valence-corrected chi connectivity index (χ4v) is 2.59. The highest BCUT2D eigenvalue weighted by molar-refractivity contribution is 5.91. The highest BCUT2D eigenvalue weighted by Gasteiger charge is 2.21. The summed E-state index contributed by atoms with van der Waals surface area (Å²) >= 11 is 0. The quantitative estimate of drug-likeness (QED) is 0.571. The number of H-pyrrole nitrogens is 1. The first kappa shape index (κ1) is 18.5. The lowest BCUT2D eigenvalue weighted by Gasteiger charge is -2.17. The van der Waals surface area contributed by atoms with Crippen molar-refractivity contribution in [3.8, 4) is 0 Å². The summed E-state index contributed by atoms with van der Waals surface area (Å²) in [6.07, 6.45) is 3.00. The Morgan fingerprint density at radius 3 is 2.64 bits per heavy atom. The number of amides is 3. The monoisotopic (exact) mass is 344 g/mol. The minimum atomic E-state index is -0.740. The van der Waals surface area contributed by atoms with E-state index in [0.29, 0.717) is 13.0 Å². The Morgan fingerprint density at radius 1 is 1.16 bits per heavy atom. The Hall–Kier alpha value is -2.83. The van der Waals surface area contributed by atoms with Gasteiger partial charge < -0.3 is 20.9 Å². The summed E-state index contributed by atoms with van der Waals surface area (Å²) in [6.45, 7) is 3.78. The second-order valence-electron chi connectivity index (χ2n) is 5.88. The predicted molar refractivity (Wildman–Crippen MR) is 95.9 cm³/mol. The van der Waals surface area contributed by atoms with Crippen molar-refractivity contribution in [2.45, 2.75) is 32.7 Å². The summed E-state index contributed by atoms with van der Waals surface area (Å²) in [5.41, 5.74) is 1.90. The highest BCUT2D eigenvalue weighted by atomic mass is 16.2. The van der Waals surface area contributed by atoms with Crippen molar-refractivity contribution in [1.29, 1.82) is 0 Å². The topological polar surface area (TPSA) is 103 Å². The van der Waals surface area contributed by atoms with Crippen LogP contribution in [0.4, 0.5) is 0 Å². The first-order chi connectivity index (χ1) is 12.0. The van der Waals surface area contributed by atoms with Crippen molar-refractivity contribution >= 4 is 28.6 Å². The zero-order valence-corrected chi connectivity index (χ0v) is 14.5. The van der Waals surface area contributed by atoms with Crippen molar-refractivity contribution in [3.05, 3.63) is 36.0 Å². The zero-order valence-electron chi connectivity index (χ0n) is 14.5. The summed E-state index contributed by atoms with van der Waals surface area (Å²) in [7, 11) is 0. The third-order valence-corrected chi connectivity index (χ3v) is 3.79. The highest BCUT2D eigenvalue weighted by Crippen LogP contribution is 2.19. The van der Waals surface area contributed by atoms with Gasteiger partial charge in [-0.1, -0.05) is 25.1 Å². The Labute approximate surface area is 146 Å². The Morgan fingerprint density at radius 2 is 1.92 bits per heavy atom. The van der Waals surface area contributed by atoms with Gasteiger partial charge in [-0.25, -0.2) is 0 Å². The SMILES string of the molecule is CCCNC(=O)CNC(=O)[C@H](Cc1c[nH]c2ccccc12)NC(C)=O. The molecular formula is C18H24N4O3. The number of aromatic nitrogens is 1. The van der Waals surface area contributed by atoms with Crippen LogP contribution >= 0.6 is 0 Å². The first-order valence-electron chi connectivity index (χ1n) is 8.37. The van der Waals surface area contributed by atoms with Crippen molar-refractivity contribution in [2.24, 2.45) is 0 Å². The van der Waals surface area contributed by atoms with Gasteiger partial charge in [0.2, 0.25) is 17.7 Å². The summed E-state index contributed by atoms with van der Waals surface area (Å²) in [4.78, 5) is 38.6. The van der Waals surface area contributed by atoms with Gasteiger partial charge in [-0.05, 0) is 18.1 Å². The molecule has 2 rings (SSSR count). The number of carbonyl (C=O) groups is 3. The van der Waals surface area contributed by atoms with Gasteiger partial charge >= 0.3 is 0 Å². The smallest absolute Gasteiger partial charge is 0.243 e. The maximum absolute atomic E-state index is 12.4. The largest absolute Gasteiger partial charge is 0.361 e. The third-order valence-electron chi connectivity index (χ3n) is 3.79. The lowest BCUT2D eigenvalue weighted by Crippen LogP contribution is -2.49. The standard InChI is InChI=1S/C18H24N4O3/c1-3-8-19-17(24)11-21-18(25)16(22-12(2)23)9-13-10-20-15-7-5-4-6-14(13)15/h4-7,10,16,20H,3,8-9,11H2,1-2H3,(H,19,24)(H,21,25)(H,22,23)/t16-/m0/s1. The fourth-order valence-electron chi connectivity index (χ4n) is 2.59. The molecule has 0 fully saturated rings. The lowest BCUT2D eigenvalue weighted by molar-refractivity contribution is -0.129. The predicted octanol–water partition coefficient (Wildman–Crippen LogP) is 0.857. The molecule has 0 saturated heterocycles. The number of benzene rings is 1. The molecule has 7 nitrogen and oxygen atoms in total. The number of carbonyl (C=O) groups excluding carboxylic acids is 3. The maximum Gasteiger partial charge on any atom is 0.243 e. The molecule has 4 N–H and O–H groups in total. The lowest BCUT2D eigenvalue weighted by atomic mass is 10.0. The molecular weight excluding hydrogens is 320 g/mol. The van der Waals surface area contributed by atoms with Crippen LogP contribution in [0.15, 0.2) is 30.5 Å². The van der Waals surface area contributed by atoms with Crippen LogP contribution in [-0.4, -0.2) is 41.8 Å². The molecule has 2 aromatic rings. The van der Waals surface area contributed by atoms with Crippen LogP contribution < -0.4 is 16.0 Å². The molecule has 3 amide bonds. The van der Waals surface area contributed by atoms with E-state index in [9.17, 15) is 14.4 Å². The van der Waals surface area contributed by atoms with E-state index in [4.69, 9.17) is 0 Å². The third kappa shape index (κ3) is 5.34. The molecule has 7 heteroatoms. The van der Waals surface area contributed by atoms with Crippen molar-refractivity contribution in [1.82, 2.24) is 20.9 Å². The minimum Gasteiger partial charge on any atom is -0.361 e. The van der Waals surface area contributed by atoms with Gasteiger partial charge in [-0.2, -0.15) is 0 Å². The van der Waals surface area contributed by atoms with Crippen LogP contribution in [0.2, 0.25) is 0 Å². The fraction of sp³-hybridized carbons (Fsp3) is 0.389. The summed E-state index contributed by atoms with van der Waals surface area (Å²) in [5.74, 6) is -0.925. The number of hydrogen-bond donors (Lipinski definition) is 4. The Kier molecular flexibility index (Phi) is 6.56. The van der Waals surface area contributed by atoms with Gasteiger partial charge in [0, 0.05) is 37.0 Å². The summed E-state index contributed by atoms with van der Waals surface area (Å²) in [6, 6.07) is 7.02. The molecule has 134 valence electrons. The number of para-hydroxylation sites is 1. The second-order valence-corrected chi connectivity index (χ2v) is 5.88. The van der Waals surface area contributed by atoms with Gasteiger partial charge in [-0.3, -0.25) is 14.4 Å². The summed E-state index contributed by atoms with van der Waals surface area (Å²) in [5, 5.41) is 8.93. The van der Waals surface area contributed by atoms with E-state index in [-0.39, 0.29) is 24.3 Å². The number of hydrogen-bond acceptors (Lipinski definition) is 3. The number of fused-ring (bicyclic) bond motifs is 1. The molecule has 1 aromatic carbocycles. The molecule has 0 unspecified atom stereocenters. The Balaban J connectivity index is 2.04. The van der Waals surface area contributed by atoms with Gasteiger partial charge in [-0.15, -0.1) is 0 Å². The summed E-state index contributed by atoms with van der Waals surface area (Å²) < 4.78 is 0. The van der Waals surface area contributed by atoms with Crippen LogP contribution in [0.25, 0.3) is 10.9 Å². The normalized spacial score (nSPS) is 11.8. The zero-order chi connectivity index (χ0) is 18.2. The molecule has 25 heavy (non-hydrogen) atoms. The van der Waals surface area contributed by atoms with E-state index in [1.165, 1.54) is 6.92 Å². The van der Waals surface area contributed by atoms with Crippen LogP contribution in [0.1, 0.15) is 25.8 Å². The number of rotatable bonds is 8. The van der Waals surface area contributed by atoms with E-state index in [2.05, 4.69) is 20.9 Å². The average molecular weight is 344 g/mol. The molecule has 0 aliphatic rings. The van der Waals surface area contributed by atoms with E-state index < -0.39 is 6.04 Å². The van der Waals surface area contributed by atoms with Crippen LogP contribution in [-0.2, 0) is 20.8 Å². The van der Waals surface area contributed by atoms with Crippen molar-refractivity contribution < 1.29 is 14.4 Å². The molecule has 1 heterocycles. The van der Waals surface area contributed by atoms with E-state index in [0.717, 1.165) is 22.9 Å². The molecule has 0 radical (unpaired) electrons. The first-order valence-corrected chi connectivity index (χ1v) is 8.37. The molecule has 1 aromatic heterocycles. The molecule has 0 spiro atoms. The van der Waals surface area contributed by atoms with E-state index in [1.807, 2.05) is 37.4 Å². The minimum absolute atomic E-state index is 0.108. The molecule has 0 bridgehead atoms. The maximum atomic E-state index is 12.4. The molecule has 0 saturated carbocycles. The van der Waals surface area contributed by atoms with Gasteiger partial charge in [0.15, 0.2) is 0 Å². The van der Waals surface area contributed by atoms with Crippen molar-refractivity contribution in [2.75, 3.05) is 13.1 Å². The second kappa shape index (κ2) is 8.86. The van der Waals surface area contributed by atoms with Crippen molar-refractivity contribution in [3.63, 3.8) is 0 Å². The molecule has 0 aliphatic carbocycles. The van der Waals surface area contributed by atoms with Crippen LogP contribution in [0, 0.1) is 0 Å². The Bertz CT molecular complexity index is 754. The van der Waals surface area contributed by atoms with E-state index in [1.54, 1.807) is 0 Å². The average Bonchev–Trinajstić information content (AvgIpc) is 3.00. The number of aromatic amines is 1. The van der Waals surface area contributed by atoms with Gasteiger partial charge in [0.1, 0.15) is 6.04 Å². The van der Waals surface area contributed by atoms with E-state index >= 15 is 0 Å². The van der Waals surface area contributed by atoms with Gasteiger partial charge in [0.05, 0.1) is 6.54 Å². The van der Waals surface area contributed by atoms with Crippen LogP contribution in [0.3, 0.4) is 0 Å². The van der Waals surface area contributed by atoms with Crippen LogP contribution in [0.5, 0.6) is 0 Å². The molecule has 1 atom stereocenters. The molecule has 0 aliphatic heterocycles. The number of nitrogens with one attached hydrogen (secondary N) is 4. The van der Waals surface area contributed by atoms with Gasteiger partial charge in [0.25, 0.3) is 0 Å².